The van der Waals surface area contributed by atoms with Crippen LogP contribution in [-0.4, -0.2) is 85.6 Å². The zero-order valence-corrected chi connectivity index (χ0v) is 25.1. The fourth-order valence-electron chi connectivity index (χ4n) is 5.60. The molecule has 1 aromatic carbocycles. The Hall–Kier alpha value is -6.24. The summed E-state index contributed by atoms with van der Waals surface area (Å²) in [6.45, 7) is -0.976. The molecule has 1 saturated heterocycles. The summed E-state index contributed by atoms with van der Waals surface area (Å²) < 4.78 is 22.2. The third-order valence-corrected chi connectivity index (χ3v) is 8.16. The number of nitrogens with one attached hydrogen (secondary N) is 3. The van der Waals surface area contributed by atoms with Crippen LogP contribution in [0.3, 0.4) is 0 Å². The molecule has 2 atom stereocenters. The van der Waals surface area contributed by atoms with Crippen LogP contribution in [0, 0.1) is 11.3 Å². The summed E-state index contributed by atoms with van der Waals surface area (Å²) in [7, 11) is 0. The molecule has 16 heteroatoms. The zero-order valence-electron chi connectivity index (χ0n) is 25.1. The molecule has 48 heavy (non-hydrogen) atoms. The Kier molecular flexibility index (Phi) is 7.71. The van der Waals surface area contributed by atoms with E-state index in [0.717, 1.165) is 17.7 Å². The lowest BCUT2D eigenvalue weighted by molar-refractivity contribution is -0.136. The van der Waals surface area contributed by atoms with Crippen molar-refractivity contribution < 1.29 is 33.1 Å². The van der Waals surface area contributed by atoms with Crippen LogP contribution in [0.1, 0.15) is 62.3 Å². The minimum Gasteiger partial charge on any atom is -0.490 e. The van der Waals surface area contributed by atoms with Gasteiger partial charge >= 0.3 is 0 Å². The monoisotopic (exact) mass is 651 g/mol. The maximum Gasteiger partial charge on any atom is 0.266 e. The van der Waals surface area contributed by atoms with E-state index in [9.17, 15) is 24.0 Å². The lowest BCUT2D eigenvalue weighted by atomic mass is 10.0. The molecule has 242 valence electrons. The van der Waals surface area contributed by atoms with Crippen molar-refractivity contribution in [2.75, 3.05) is 18.5 Å². The van der Waals surface area contributed by atoms with E-state index in [2.05, 4.69) is 31.0 Å². The Balaban J connectivity index is 1.01. The third kappa shape index (κ3) is 5.66. The standard InChI is InChI=1S/C32H26FN9O6/c33-18(15-48-24-3-1-2-20-27(24)32(47)41(31(20)46)23-6-7-26(43)40-30(23)45)13-37-29(44)21-14-35-25(9-22(21)39-19-4-5-19)42-28-17(12-38-42)8-16(10-34)11-36-28/h1-3,8-9,11-12,14,18-19,23H,4-7,13,15H2,(H,35,39)(H,37,44)(H,40,43,45). The van der Waals surface area contributed by atoms with Gasteiger partial charge < -0.3 is 15.4 Å². The number of alkyl halides is 1. The molecular formula is C32H26FN9O6. The summed E-state index contributed by atoms with van der Waals surface area (Å²) in [5.41, 5.74) is 1.44. The van der Waals surface area contributed by atoms with E-state index in [4.69, 9.17) is 10.00 Å². The van der Waals surface area contributed by atoms with Gasteiger partial charge in [-0.3, -0.25) is 34.2 Å². The first-order chi connectivity index (χ1) is 23.2. The minimum absolute atomic E-state index is 0.00311. The third-order valence-electron chi connectivity index (χ3n) is 8.16. The van der Waals surface area contributed by atoms with Gasteiger partial charge in [0.25, 0.3) is 17.7 Å². The molecule has 0 spiro atoms. The number of hydrogen-bond donors (Lipinski definition) is 3. The number of hydrogen-bond acceptors (Lipinski definition) is 11. The molecule has 3 aromatic heterocycles. The molecule has 1 saturated carbocycles. The maximum atomic E-state index is 15.1. The highest BCUT2D eigenvalue weighted by Gasteiger charge is 2.46. The molecule has 3 N–H and O–H groups in total. The molecule has 0 bridgehead atoms. The van der Waals surface area contributed by atoms with Gasteiger partial charge in [-0.05, 0) is 37.5 Å². The predicted octanol–water partition coefficient (Wildman–Crippen LogP) is 1.81. The van der Waals surface area contributed by atoms with Crippen LogP contribution >= 0.6 is 0 Å². The number of fused-ring (bicyclic) bond motifs is 2. The molecule has 4 aromatic rings. The number of rotatable bonds is 10. The van der Waals surface area contributed by atoms with Crippen molar-refractivity contribution in [3.8, 4) is 17.6 Å². The normalized spacial score (nSPS) is 17.9. The van der Waals surface area contributed by atoms with Gasteiger partial charge in [0.15, 0.2) is 17.6 Å². The van der Waals surface area contributed by atoms with Crippen molar-refractivity contribution in [3.05, 3.63) is 71.2 Å². The number of carbonyl (C=O) groups is 5. The quantitative estimate of drug-likeness (QED) is 0.211. The number of pyridine rings is 2. The van der Waals surface area contributed by atoms with E-state index < -0.39 is 54.9 Å². The first-order valence-electron chi connectivity index (χ1n) is 15.1. The highest BCUT2D eigenvalue weighted by atomic mass is 19.1. The smallest absolute Gasteiger partial charge is 0.266 e. The molecule has 2 unspecified atom stereocenters. The number of ether oxygens (including phenoxy) is 1. The Bertz CT molecular complexity index is 2070. The maximum absolute atomic E-state index is 15.1. The summed E-state index contributed by atoms with van der Waals surface area (Å²) in [5.74, 6) is -2.96. The number of carbonyl (C=O) groups excluding carboxylic acids is 5. The van der Waals surface area contributed by atoms with Crippen LogP contribution in [0.2, 0.25) is 0 Å². The first kappa shape index (κ1) is 30.4. The second-order valence-corrected chi connectivity index (χ2v) is 11.6. The van der Waals surface area contributed by atoms with Crippen LogP contribution in [0.25, 0.3) is 16.9 Å². The SMILES string of the molecule is N#Cc1cnc2c(cnn2-c2cc(NC3CC3)c(C(=O)NCC(F)COc3cccc4c3C(=O)N(C3CCC(=O)NC3=O)C4=O)cn2)c1. The van der Waals surface area contributed by atoms with E-state index in [-0.39, 0.29) is 41.3 Å². The van der Waals surface area contributed by atoms with Gasteiger partial charge in [0.1, 0.15) is 24.5 Å². The second-order valence-electron chi connectivity index (χ2n) is 11.6. The lowest BCUT2D eigenvalue weighted by Crippen LogP contribution is -2.54. The molecule has 3 aliphatic rings. The molecule has 15 nitrogen and oxygen atoms in total. The van der Waals surface area contributed by atoms with Gasteiger partial charge in [0.05, 0.1) is 40.7 Å². The molecule has 1 aliphatic carbocycles. The first-order valence-corrected chi connectivity index (χ1v) is 15.1. The van der Waals surface area contributed by atoms with Crippen molar-refractivity contribution in [2.45, 2.75) is 43.9 Å². The van der Waals surface area contributed by atoms with Crippen LogP contribution < -0.4 is 20.7 Å². The average Bonchev–Trinajstić information content (AvgIpc) is 3.74. The number of nitriles is 1. The van der Waals surface area contributed by atoms with Crippen molar-refractivity contribution >= 4 is 46.3 Å². The van der Waals surface area contributed by atoms with Crippen molar-refractivity contribution in [3.63, 3.8) is 0 Å². The van der Waals surface area contributed by atoms with E-state index in [1.54, 1.807) is 18.3 Å². The van der Waals surface area contributed by atoms with Gasteiger partial charge in [-0.1, -0.05) is 6.07 Å². The highest BCUT2D eigenvalue weighted by molar-refractivity contribution is 6.24. The van der Waals surface area contributed by atoms with E-state index in [1.807, 2.05) is 6.07 Å². The largest absolute Gasteiger partial charge is 0.490 e. The number of aromatic nitrogens is 4. The molecule has 5 heterocycles. The number of benzene rings is 1. The fraction of sp³-hybridized carbons (Fsp3) is 0.281. The van der Waals surface area contributed by atoms with Crippen LogP contribution in [0.4, 0.5) is 10.1 Å². The molecular weight excluding hydrogens is 625 g/mol. The Labute approximate surface area is 271 Å². The number of amides is 5. The number of halogens is 1. The van der Waals surface area contributed by atoms with Crippen LogP contribution in [0.5, 0.6) is 5.75 Å². The average molecular weight is 652 g/mol. The van der Waals surface area contributed by atoms with Crippen molar-refractivity contribution in [1.29, 1.82) is 5.26 Å². The van der Waals surface area contributed by atoms with Crippen molar-refractivity contribution in [2.24, 2.45) is 0 Å². The number of imide groups is 2. The molecule has 5 amide bonds. The summed E-state index contributed by atoms with van der Waals surface area (Å²) in [6.07, 6.45) is 4.48. The lowest BCUT2D eigenvalue weighted by Gasteiger charge is -2.27. The Morgan fingerprint density at radius 1 is 1.10 bits per heavy atom. The molecule has 7 rings (SSSR count). The summed E-state index contributed by atoms with van der Waals surface area (Å²) in [5, 5.41) is 22.1. The van der Waals surface area contributed by atoms with E-state index in [0.29, 0.717) is 28.1 Å². The van der Waals surface area contributed by atoms with Gasteiger partial charge in [0.2, 0.25) is 11.8 Å². The number of piperidine rings is 1. The van der Waals surface area contributed by atoms with Gasteiger partial charge in [-0.25, -0.2) is 14.4 Å². The van der Waals surface area contributed by atoms with Crippen LogP contribution in [-0.2, 0) is 9.59 Å². The second kappa shape index (κ2) is 12.2. The van der Waals surface area contributed by atoms with Crippen molar-refractivity contribution in [1.82, 2.24) is 35.3 Å². The predicted molar refractivity (Wildman–Crippen MR) is 164 cm³/mol. The minimum atomic E-state index is -1.70. The molecule has 2 aliphatic heterocycles. The summed E-state index contributed by atoms with van der Waals surface area (Å²) in [6, 6.07) is 8.66. The van der Waals surface area contributed by atoms with Gasteiger partial charge in [-0.15, -0.1) is 0 Å². The topological polar surface area (TPSA) is 201 Å². The highest BCUT2D eigenvalue weighted by Crippen LogP contribution is 2.34. The van der Waals surface area contributed by atoms with Crippen LogP contribution in [0.15, 0.2) is 48.9 Å². The Morgan fingerprint density at radius 2 is 1.94 bits per heavy atom. The zero-order chi connectivity index (χ0) is 33.5. The summed E-state index contributed by atoms with van der Waals surface area (Å²) >= 11 is 0. The fourth-order valence-corrected chi connectivity index (χ4v) is 5.60. The van der Waals surface area contributed by atoms with E-state index >= 15 is 4.39 Å². The number of anilines is 1. The summed E-state index contributed by atoms with van der Waals surface area (Å²) in [4.78, 5) is 72.9. The number of nitrogens with zero attached hydrogens (tertiary/aromatic N) is 6. The Morgan fingerprint density at radius 3 is 2.71 bits per heavy atom. The van der Waals surface area contributed by atoms with Gasteiger partial charge in [0, 0.05) is 36.3 Å². The molecule has 0 radical (unpaired) electrons. The van der Waals surface area contributed by atoms with E-state index in [1.165, 1.54) is 35.3 Å². The van der Waals surface area contributed by atoms with Gasteiger partial charge in [-0.2, -0.15) is 15.0 Å². The molecule has 2 fully saturated rings.